The van der Waals surface area contributed by atoms with Crippen LogP contribution in [0.2, 0.25) is 0 Å². The molecule has 16 heavy (non-hydrogen) atoms. The van der Waals surface area contributed by atoms with Gasteiger partial charge in [0.1, 0.15) is 11.6 Å². The molecule has 0 aliphatic heterocycles. The first-order chi connectivity index (χ1) is 7.40. The standard InChI is InChI=1S/C10H8F2O4/c11-6-1-5(2-9(13)14)7(4-10(15)16)8(12)3-6/h1,3H,2,4H2,(H,13,14)(H,15,16). The van der Waals surface area contributed by atoms with Crippen LogP contribution in [-0.4, -0.2) is 22.2 Å². The smallest absolute Gasteiger partial charge is 0.307 e. The van der Waals surface area contributed by atoms with Crippen LogP contribution in [0.3, 0.4) is 0 Å². The molecule has 4 nitrogen and oxygen atoms in total. The lowest BCUT2D eigenvalue weighted by Crippen LogP contribution is -2.10. The average molecular weight is 230 g/mol. The summed E-state index contributed by atoms with van der Waals surface area (Å²) in [5.41, 5.74) is -0.455. The first-order valence-electron chi connectivity index (χ1n) is 4.30. The number of aliphatic carboxylic acids is 2. The zero-order valence-electron chi connectivity index (χ0n) is 8.04. The molecular weight excluding hydrogens is 222 g/mol. The van der Waals surface area contributed by atoms with Crippen molar-refractivity contribution in [1.82, 2.24) is 0 Å². The number of carbonyl (C=O) groups is 2. The van der Waals surface area contributed by atoms with Gasteiger partial charge in [-0.15, -0.1) is 0 Å². The van der Waals surface area contributed by atoms with E-state index < -0.39 is 36.4 Å². The predicted molar refractivity (Wildman–Crippen MR) is 49.0 cm³/mol. The van der Waals surface area contributed by atoms with Crippen molar-refractivity contribution in [2.24, 2.45) is 0 Å². The van der Waals surface area contributed by atoms with Gasteiger partial charge in [-0.2, -0.15) is 0 Å². The van der Waals surface area contributed by atoms with Crippen LogP contribution in [0.5, 0.6) is 0 Å². The van der Waals surface area contributed by atoms with Gasteiger partial charge in [0.15, 0.2) is 0 Å². The van der Waals surface area contributed by atoms with Crippen molar-refractivity contribution >= 4 is 11.9 Å². The Balaban J connectivity index is 3.20. The molecule has 86 valence electrons. The van der Waals surface area contributed by atoms with Crippen LogP contribution in [0.25, 0.3) is 0 Å². The van der Waals surface area contributed by atoms with E-state index in [1.165, 1.54) is 0 Å². The molecule has 1 aromatic carbocycles. The quantitative estimate of drug-likeness (QED) is 0.815. The Labute approximate surface area is 89.1 Å². The van der Waals surface area contributed by atoms with E-state index in [1.54, 1.807) is 0 Å². The summed E-state index contributed by atoms with van der Waals surface area (Å²) < 4.78 is 26.0. The monoisotopic (exact) mass is 230 g/mol. The number of hydrogen-bond donors (Lipinski definition) is 2. The lowest BCUT2D eigenvalue weighted by Gasteiger charge is -2.07. The summed E-state index contributed by atoms with van der Waals surface area (Å²) in [5, 5.41) is 17.0. The van der Waals surface area contributed by atoms with Gasteiger partial charge in [0, 0.05) is 11.6 Å². The lowest BCUT2D eigenvalue weighted by molar-refractivity contribution is -0.137. The van der Waals surface area contributed by atoms with E-state index in [9.17, 15) is 18.4 Å². The van der Waals surface area contributed by atoms with E-state index in [-0.39, 0.29) is 11.1 Å². The zero-order valence-corrected chi connectivity index (χ0v) is 8.04. The summed E-state index contributed by atoms with van der Waals surface area (Å²) in [6, 6.07) is 1.36. The molecule has 0 saturated carbocycles. The van der Waals surface area contributed by atoms with Gasteiger partial charge < -0.3 is 10.2 Å². The SMILES string of the molecule is O=C(O)Cc1cc(F)cc(F)c1CC(=O)O. The Kier molecular flexibility index (Phi) is 3.55. The molecule has 0 unspecified atom stereocenters. The predicted octanol–water partition coefficient (Wildman–Crippen LogP) is 1.22. The lowest BCUT2D eigenvalue weighted by atomic mass is 10.0. The van der Waals surface area contributed by atoms with E-state index in [2.05, 4.69) is 0 Å². The van der Waals surface area contributed by atoms with Crippen molar-refractivity contribution in [2.75, 3.05) is 0 Å². The van der Waals surface area contributed by atoms with Crippen LogP contribution in [0.4, 0.5) is 8.78 Å². The highest BCUT2D eigenvalue weighted by molar-refractivity contribution is 5.74. The normalized spacial score (nSPS) is 10.1. The molecule has 1 rings (SSSR count). The van der Waals surface area contributed by atoms with Gasteiger partial charge in [0.25, 0.3) is 0 Å². The van der Waals surface area contributed by atoms with Gasteiger partial charge in [-0.05, 0) is 11.6 Å². The zero-order chi connectivity index (χ0) is 12.3. The van der Waals surface area contributed by atoms with Gasteiger partial charge in [-0.3, -0.25) is 9.59 Å². The average Bonchev–Trinajstić information content (AvgIpc) is 2.09. The van der Waals surface area contributed by atoms with Crippen LogP contribution >= 0.6 is 0 Å². The third-order valence-corrected chi connectivity index (χ3v) is 1.92. The van der Waals surface area contributed by atoms with Crippen LogP contribution in [0.1, 0.15) is 11.1 Å². The molecule has 0 fully saturated rings. The summed E-state index contributed by atoms with van der Waals surface area (Å²) >= 11 is 0. The molecule has 2 N–H and O–H groups in total. The molecule has 0 atom stereocenters. The maximum Gasteiger partial charge on any atom is 0.307 e. The number of carboxylic acids is 2. The molecule has 0 amide bonds. The number of benzene rings is 1. The maximum absolute atomic E-state index is 13.2. The summed E-state index contributed by atoms with van der Waals surface area (Å²) in [6.45, 7) is 0. The molecule has 1 aromatic rings. The highest BCUT2D eigenvalue weighted by atomic mass is 19.1. The minimum Gasteiger partial charge on any atom is -0.481 e. The summed E-state index contributed by atoms with van der Waals surface area (Å²) in [5.74, 6) is -4.56. The first kappa shape index (κ1) is 12.1. The fourth-order valence-corrected chi connectivity index (χ4v) is 1.33. The second kappa shape index (κ2) is 4.69. The highest BCUT2D eigenvalue weighted by Crippen LogP contribution is 2.17. The van der Waals surface area contributed by atoms with Crippen LogP contribution in [0, 0.1) is 11.6 Å². The fraction of sp³-hybridized carbons (Fsp3) is 0.200. The van der Waals surface area contributed by atoms with Gasteiger partial charge in [-0.1, -0.05) is 0 Å². The molecule has 0 heterocycles. The molecule has 0 spiro atoms. The van der Waals surface area contributed by atoms with Crippen molar-refractivity contribution < 1.29 is 28.6 Å². The van der Waals surface area contributed by atoms with E-state index in [0.29, 0.717) is 6.07 Å². The number of halogens is 2. The second-order valence-electron chi connectivity index (χ2n) is 3.17. The van der Waals surface area contributed by atoms with E-state index in [0.717, 1.165) is 6.07 Å². The number of carboxylic acid groups (broad SMARTS) is 2. The number of rotatable bonds is 4. The molecule has 0 aliphatic carbocycles. The Bertz CT molecular complexity index is 443. The third-order valence-electron chi connectivity index (χ3n) is 1.92. The van der Waals surface area contributed by atoms with Crippen molar-refractivity contribution in [3.63, 3.8) is 0 Å². The van der Waals surface area contributed by atoms with Crippen LogP contribution in [-0.2, 0) is 22.4 Å². The Hall–Kier alpha value is -1.98. The maximum atomic E-state index is 13.2. The highest BCUT2D eigenvalue weighted by Gasteiger charge is 2.16. The summed E-state index contributed by atoms with van der Waals surface area (Å²) in [6.07, 6.45) is -1.29. The van der Waals surface area contributed by atoms with Crippen molar-refractivity contribution in [3.8, 4) is 0 Å². The van der Waals surface area contributed by atoms with Gasteiger partial charge >= 0.3 is 11.9 Å². The van der Waals surface area contributed by atoms with Crippen molar-refractivity contribution in [3.05, 3.63) is 34.9 Å². The molecule has 0 bridgehead atoms. The minimum atomic E-state index is -1.31. The minimum absolute atomic E-state index is 0.160. The Morgan fingerprint density at radius 2 is 1.62 bits per heavy atom. The van der Waals surface area contributed by atoms with E-state index >= 15 is 0 Å². The molecular formula is C10H8F2O4. The van der Waals surface area contributed by atoms with E-state index in [4.69, 9.17) is 10.2 Å². The molecule has 0 saturated heterocycles. The topological polar surface area (TPSA) is 74.6 Å². The molecule has 0 aliphatic rings. The van der Waals surface area contributed by atoms with Crippen LogP contribution in [0.15, 0.2) is 12.1 Å². The summed E-state index contributed by atoms with van der Waals surface area (Å²) in [4.78, 5) is 20.9. The molecule has 0 radical (unpaired) electrons. The third kappa shape index (κ3) is 3.01. The molecule has 0 aromatic heterocycles. The van der Waals surface area contributed by atoms with Crippen molar-refractivity contribution in [2.45, 2.75) is 12.8 Å². The summed E-state index contributed by atoms with van der Waals surface area (Å²) in [7, 11) is 0. The van der Waals surface area contributed by atoms with Crippen LogP contribution < -0.4 is 0 Å². The molecule has 6 heteroatoms. The first-order valence-corrected chi connectivity index (χ1v) is 4.30. The van der Waals surface area contributed by atoms with E-state index in [1.807, 2.05) is 0 Å². The van der Waals surface area contributed by atoms with Gasteiger partial charge in [-0.25, -0.2) is 8.78 Å². The van der Waals surface area contributed by atoms with Crippen molar-refractivity contribution in [1.29, 1.82) is 0 Å². The van der Waals surface area contributed by atoms with Gasteiger partial charge in [0.2, 0.25) is 0 Å². The number of hydrogen-bond acceptors (Lipinski definition) is 2. The van der Waals surface area contributed by atoms with Gasteiger partial charge in [0.05, 0.1) is 12.8 Å². The Morgan fingerprint density at radius 1 is 1.06 bits per heavy atom. The largest absolute Gasteiger partial charge is 0.481 e. The second-order valence-corrected chi connectivity index (χ2v) is 3.17. The fourth-order valence-electron chi connectivity index (χ4n) is 1.33. The Morgan fingerprint density at radius 3 is 2.12 bits per heavy atom.